The van der Waals surface area contributed by atoms with Crippen molar-refractivity contribution < 1.29 is 18.0 Å². The first kappa shape index (κ1) is 23.7. The van der Waals surface area contributed by atoms with Crippen molar-refractivity contribution >= 4 is 28.4 Å². The second kappa shape index (κ2) is 9.08. The summed E-state index contributed by atoms with van der Waals surface area (Å²) in [7, 11) is 0. The van der Waals surface area contributed by atoms with Crippen LogP contribution < -0.4 is 15.5 Å². The van der Waals surface area contributed by atoms with Gasteiger partial charge in [0.1, 0.15) is 11.6 Å². The number of aryl methyl sites for hydroxylation is 1. The van der Waals surface area contributed by atoms with E-state index in [0.717, 1.165) is 24.7 Å². The van der Waals surface area contributed by atoms with Crippen molar-refractivity contribution in [2.45, 2.75) is 52.4 Å². The zero-order valence-corrected chi connectivity index (χ0v) is 19.5. The summed E-state index contributed by atoms with van der Waals surface area (Å²) in [5, 5.41) is 6.91. The van der Waals surface area contributed by atoms with E-state index in [1.807, 2.05) is 13.0 Å². The zero-order valence-electron chi connectivity index (χ0n) is 19.5. The lowest BCUT2D eigenvalue weighted by atomic mass is 9.97. The van der Waals surface area contributed by atoms with Gasteiger partial charge in [-0.3, -0.25) is 4.79 Å². The number of carbonyl (C=O) groups excluding carboxylic acids is 1. The number of alkyl halides is 3. The quantitative estimate of drug-likeness (QED) is 0.567. The average Bonchev–Trinajstić information content (AvgIpc) is 3.20. The third-order valence-corrected chi connectivity index (χ3v) is 6.11. The fourth-order valence-electron chi connectivity index (χ4n) is 4.51. The second-order valence-corrected chi connectivity index (χ2v) is 8.70. The summed E-state index contributed by atoms with van der Waals surface area (Å²) in [6.07, 6.45) is -1.84. The maximum Gasteiger partial charge on any atom is 0.416 e. The first-order valence-corrected chi connectivity index (χ1v) is 11.1. The van der Waals surface area contributed by atoms with E-state index < -0.39 is 17.8 Å². The molecule has 3 heterocycles. The van der Waals surface area contributed by atoms with Crippen molar-refractivity contribution in [3.8, 4) is 0 Å². The Morgan fingerprint density at radius 2 is 2.00 bits per heavy atom. The molecule has 34 heavy (non-hydrogen) atoms. The molecule has 1 aliphatic rings. The third-order valence-electron chi connectivity index (χ3n) is 6.11. The van der Waals surface area contributed by atoms with Crippen LogP contribution in [-0.4, -0.2) is 40.0 Å². The van der Waals surface area contributed by atoms with Gasteiger partial charge in [0.15, 0.2) is 5.65 Å². The summed E-state index contributed by atoms with van der Waals surface area (Å²) >= 11 is 0. The van der Waals surface area contributed by atoms with E-state index in [9.17, 15) is 18.0 Å². The highest BCUT2D eigenvalue weighted by molar-refractivity contribution is 5.89. The number of rotatable bonds is 5. The van der Waals surface area contributed by atoms with Crippen LogP contribution in [0.1, 0.15) is 48.8 Å². The topological polar surface area (TPSA) is 83.0 Å². The predicted octanol–water partition coefficient (Wildman–Crippen LogP) is 4.55. The van der Waals surface area contributed by atoms with Gasteiger partial charge >= 0.3 is 6.18 Å². The van der Waals surface area contributed by atoms with Gasteiger partial charge in [-0.05, 0) is 50.5 Å². The molecular formula is C24H27F3N6O. The lowest BCUT2D eigenvalue weighted by Crippen LogP contribution is -2.35. The van der Waals surface area contributed by atoms with E-state index in [-0.39, 0.29) is 17.5 Å². The third kappa shape index (κ3) is 4.90. The van der Waals surface area contributed by atoms with Crippen molar-refractivity contribution in [2.75, 3.05) is 23.3 Å². The molecule has 1 saturated heterocycles. The smallest absolute Gasteiger partial charge is 0.368 e. The molecule has 1 amide bonds. The molecule has 2 atom stereocenters. The summed E-state index contributed by atoms with van der Waals surface area (Å²) in [4.78, 5) is 27.0. The highest BCUT2D eigenvalue weighted by atomic mass is 19.4. The van der Waals surface area contributed by atoms with Crippen molar-refractivity contribution in [1.29, 1.82) is 0 Å². The molecule has 7 nitrogen and oxygen atoms in total. The molecule has 0 unspecified atom stereocenters. The Morgan fingerprint density at radius 1 is 1.24 bits per heavy atom. The number of anilines is 2. The molecule has 0 radical (unpaired) electrons. The van der Waals surface area contributed by atoms with Gasteiger partial charge in [0.2, 0.25) is 5.91 Å². The van der Waals surface area contributed by atoms with Crippen LogP contribution >= 0.6 is 0 Å². The number of hydrogen-bond donors (Lipinski definition) is 2. The molecule has 180 valence electrons. The summed E-state index contributed by atoms with van der Waals surface area (Å²) in [5.41, 5.74) is 1.46. The molecule has 2 N–H and O–H groups in total. The summed E-state index contributed by atoms with van der Waals surface area (Å²) < 4.78 is 40.2. The highest BCUT2D eigenvalue weighted by Crippen LogP contribution is 2.36. The SMILES string of the molecule is CC(=O)N[C@@H]1CCN(c2cnc3nc(C)nc(N[C@H](C)c4cccc(C(F)(F)F)c4C)c3c2)C1. The number of fused-ring (bicyclic) bond motifs is 1. The summed E-state index contributed by atoms with van der Waals surface area (Å²) in [5.74, 6) is 0.964. The van der Waals surface area contributed by atoms with E-state index in [1.54, 1.807) is 19.2 Å². The van der Waals surface area contributed by atoms with Crippen LogP contribution in [0, 0.1) is 13.8 Å². The number of hydrogen-bond acceptors (Lipinski definition) is 6. The molecule has 1 aromatic carbocycles. The van der Waals surface area contributed by atoms with E-state index in [2.05, 4.69) is 30.5 Å². The monoisotopic (exact) mass is 472 g/mol. The van der Waals surface area contributed by atoms with Gasteiger partial charge in [-0.2, -0.15) is 13.2 Å². The number of nitrogens with zero attached hydrogens (tertiary/aromatic N) is 4. The van der Waals surface area contributed by atoms with Gasteiger partial charge in [0.25, 0.3) is 0 Å². The van der Waals surface area contributed by atoms with Crippen LogP contribution in [-0.2, 0) is 11.0 Å². The number of aromatic nitrogens is 3. The molecule has 10 heteroatoms. The number of amides is 1. The Hall–Kier alpha value is -3.43. The van der Waals surface area contributed by atoms with Crippen molar-refractivity contribution in [2.24, 2.45) is 0 Å². The molecule has 1 aliphatic heterocycles. The van der Waals surface area contributed by atoms with Gasteiger partial charge in [0, 0.05) is 26.1 Å². The standard InChI is InChI=1S/C24H27F3N6O/c1-13-19(6-5-7-21(13)24(25,26)27)14(2)29-23-20-10-18(11-28-22(20)30-15(3)31-23)33-9-8-17(12-33)32-16(4)34/h5-7,10-11,14,17H,8-9,12H2,1-4H3,(H,32,34)(H,28,29,30,31)/t14-,17-/m1/s1. The molecular weight excluding hydrogens is 445 g/mol. The molecule has 3 aromatic rings. The number of carbonyl (C=O) groups is 1. The van der Waals surface area contributed by atoms with Crippen LogP contribution in [0.4, 0.5) is 24.7 Å². The van der Waals surface area contributed by atoms with E-state index in [1.165, 1.54) is 19.9 Å². The first-order chi connectivity index (χ1) is 16.0. The Morgan fingerprint density at radius 3 is 2.71 bits per heavy atom. The van der Waals surface area contributed by atoms with Crippen molar-refractivity contribution in [3.63, 3.8) is 0 Å². The molecule has 4 rings (SSSR count). The lowest BCUT2D eigenvalue weighted by molar-refractivity contribution is -0.138. The Balaban J connectivity index is 1.65. The Bertz CT molecular complexity index is 1230. The van der Waals surface area contributed by atoms with Gasteiger partial charge in [0.05, 0.1) is 28.9 Å². The summed E-state index contributed by atoms with van der Waals surface area (Å²) in [6.45, 7) is 7.99. The van der Waals surface area contributed by atoms with E-state index >= 15 is 0 Å². The van der Waals surface area contributed by atoms with Gasteiger partial charge in [-0.25, -0.2) is 15.0 Å². The minimum Gasteiger partial charge on any atom is -0.368 e. The normalized spacial score (nSPS) is 17.1. The van der Waals surface area contributed by atoms with E-state index in [0.29, 0.717) is 34.8 Å². The number of halogens is 3. The molecule has 1 fully saturated rings. The predicted molar refractivity (Wildman–Crippen MR) is 125 cm³/mol. The molecule has 0 bridgehead atoms. The van der Waals surface area contributed by atoms with Crippen LogP contribution in [0.15, 0.2) is 30.5 Å². The van der Waals surface area contributed by atoms with Crippen LogP contribution in [0.3, 0.4) is 0 Å². The first-order valence-electron chi connectivity index (χ1n) is 11.1. The Kier molecular flexibility index (Phi) is 6.33. The number of pyridine rings is 1. The average molecular weight is 473 g/mol. The highest BCUT2D eigenvalue weighted by Gasteiger charge is 2.33. The van der Waals surface area contributed by atoms with Gasteiger partial charge in [-0.15, -0.1) is 0 Å². The molecule has 0 saturated carbocycles. The summed E-state index contributed by atoms with van der Waals surface area (Å²) in [6, 6.07) is 5.78. The van der Waals surface area contributed by atoms with Crippen LogP contribution in [0.5, 0.6) is 0 Å². The van der Waals surface area contributed by atoms with Gasteiger partial charge in [-0.1, -0.05) is 12.1 Å². The lowest BCUT2D eigenvalue weighted by Gasteiger charge is -2.22. The number of benzene rings is 1. The fourth-order valence-corrected chi connectivity index (χ4v) is 4.51. The van der Waals surface area contributed by atoms with Gasteiger partial charge < -0.3 is 15.5 Å². The van der Waals surface area contributed by atoms with Crippen molar-refractivity contribution in [1.82, 2.24) is 20.3 Å². The molecule has 0 aliphatic carbocycles. The number of nitrogens with one attached hydrogen (secondary N) is 2. The minimum atomic E-state index is -4.42. The van der Waals surface area contributed by atoms with Crippen molar-refractivity contribution in [3.05, 3.63) is 53.0 Å². The maximum atomic E-state index is 13.4. The Labute approximate surface area is 195 Å². The van der Waals surface area contributed by atoms with Crippen LogP contribution in [0.25, 0.3) is 11.0 Å². The largest absolute Gasteiger partial charge is 0.416 e. The minimum absolute atomic E-state index is 0.0577. The fraction of sp³-hybridized carbons (Fsp3) is 0.417. The molecule has 2 aromatic heterocycles. The van der Waals surface area contributed by atoms with E-state index in [4.69, 9.17) is 0 Å². The zero-order chi connectivity index (χ0) is 24.6. The maximum absolute atomic E-state index is 13.4. The second-order valence-electron chi connectivity index (χ2n) is 8.70. The van der Waals surface area contributed by atoms with Crippen LogP contribution in [0.2, 0.25) is 0 Å². The molecule has 0 spiro atoms.